The summed E-state index contributed by atoms with van der Waals surface area (Å²) < 4.78 is 29.4. The highest BCUT2D eigenvalue weighted by Gasteiger charge is 2.29. The van der Waals surface area contributed by atoms with Gasteiger partial charge in [0.1, 0.15) is 4.90 Å². The van der Waals surface area contributed by atoms with Gasteiger partial charge in [-0.05, 0) is 23.8 Å². The van der Waals surface area contributed by atoms with E-state index in [1.54, 1.807) is 24.3 Å². The smallest absolute Gasteiger partial charge is 0.209 e. The fourth-order valence-corrected chi connectivity index (χ4v) is 6.38. The molecule has 4 nitrogen and oxygen atoms in total. The Labute approximate surface area is 175 Å². The summed E-state index contributed by atoms with van der Waals surface area (Å²) in [7, 11) is -3.68. The van der Waals surface area contributed by atoms with Crippen molar-refractivity contribution in [3.05, 3.63) is 90.5 Å². The largest absolute Gasteiger partial charge is 0.330 e. The molecule has 0 radical (unpaired) electrons. The third-order valence-corrected chi connectivity index (χ3v) is 7.85. The standard InChI is InChI=1S/C23H22N2O2S2/c24-15-16-28-23-22(29(26,27)19-11-5-2-6-12-19)20-13-7-8-14-21(20)25(23)17-18-9-3-1-4-10-18/h1-14H,15-17,24H2. The van der Waals surface area contributed by atoms with Gasteiger partial charge >= 0.3 is 0 Å². The highest BCUT2D eigenvalue weighted by molar-refractivity contribution is 8.00. The number of fused-ring (bicyclic) bond motifs is 1. The molecule has 4 aromatic rings. The topological polar surface area (TPSA) is 65.1 Å². The molecular formula is C23H22N2O2S2. The van der Waals surface area contributed by atoms with Crippen LogP contribution in [-0.4, -0.2) is 25.3 Å². The van der Waals surface area contributed by atoms with Crippen LogP contribution in [0.4, 0.5) is 0 Å². The maximum absolute atomic E-state index is 13.6. The Hall–Kier alpha value is -2.54. The second-order valence-electron chi connectivity index (χ2n) is 6.68. The fourth-order valence-electron chi connectivity index (χ4n) is 3.45. The average molecular weight is 423 g/mol. The minimum atomic E-state index is -3.68. The van der Waals surface area contributed by atoms with Gasteiger partial charge in [0.2, 0.25) is 9.84 Å². The molecule has 0 aliphatic carbocycles. The van der Waals surface area contributed by atoms with Crippen LogP contribution in [-0.2, 0) is 16.4 Å². The van der Waals surface area contributed by atoms with Crippen molar-refractivity contribution in [2.24, 2.45) is 5.73 Å². The van der Waals surface area contributed by atoms with E-state index in [0.717, 1.165) is 21.5 Å². The normalized spacial score (nSPS) is 11.8. The molecule has 0 aliphatic heterocycles. The Morgan fingerprint density at radius 3 is 2.14 bits per heavy atom. The minimum Gasteiger partial charge on any atom is -0.330 e. The van der Waals surface area contributed by atoms with Crippen LogP contribution in [0.2, 0.25) is 0 Å². The molecule has 6 heteroatoms. The van der Waals surface area contributed by atoms with E-state index in [2.05, 4.69) is 16.7 Å². The van der Waals surface area contributed by atoms with E-state index >= 15 is 0 Å². The lowest BCUT2D eigenvalue weighted by atomic mass is 10.2. The number of nitrogens with zero attached hydrogens (tertiary/aromatic N) is 1. The van der Waals surface area contributed by atoms with Crippen LogP contribution in [0, 0.1) is 0 Å². The molecule has 3 aromatic carbocycles. The van der Waals surface area contributed by atoms with Crippen LogP contribution in [0.25, 0.3) is 10.9 Å². The molecular weight excluding hydrogens is 400 g/mol. The van der Waals surface area contributed by atoms with E-state index in [4.69, 9.17) is 5.73 Å². The van der Waals surface area contributed by atoms with Gasteiger partial charge in [-0.2, -0.15) is 0 Å². The van der Waals surface area contributed by atoms with Crippen LogP contribution in [0.3, 0.4) is 0 Å². The minimum absolute atomic E-state index is 0.303. The van der Waals surface area contributed by atoms with Crippen molar-refractivity contribution in [1.82, 2.24) is 4.57 Å². The number of rotatable bonds is 7. The molecule has 0 spiro atoms. The zero-order valence-electron chi connectivity index (χ0n) is 15.9. The summed E-state index contributed by atoms with van der Waals surface area (Å²) in [5, 5.41) is 1.48. The second kappa shape index (κ2) is 8.45. The molecule has 148 valence electrons. The number of sulfone groups is 1. The van der Waals surface area contributed by atoms with Crippen molar-refractivity contribution in [2.75, 3.05) is 12.3 Å². The van der Waals surface area contributed by atoms with Crippen LogP contribution in [0.15, 0.2) is 99.7 Å². The molecule has 0 bridgehead atoms. The Morgan fingerprint density at radius 1 is 0.828 bits per heavy atom. The number of nitrogens with two attached hydrogens (primary N) is 1. The Balaban J connectivity index is 1.98. The average Bonchev–Trinajstić information content (AvgIpc) is 3.07. The number of aromatic nitrogens is 1. The summed E-state index contributed by atoms with van der Waals surface area (Å²) >= 11 is 1.50. The number of thioether (sulfide) groups is 1. The lowest BCUT2D eigenvalue weighted by molar-refractivity contribution is 0.592. The first-order valence-corrected chi connectivity index (χ1v) is 11.9. The second-order valence-corrected chi connectivity index (χ2v) is 9.65. The van der Waals surface area contributed by atoms with Crippen molar-refractivity contribution in [2.45, 2.75) is 21.4 Å². The van der Waals surface area contributed by atoms with Gasteiger partial charge in [0.25, 0.3) is 0 Å². The Bertz CT molecular complexity index is 1220. The van der Waals surface area contributed by atoms with Crippen LogP contribution >= 0.6 is 11.8 Å². The first-order valence-electron chi connectivity index (χ1n) is 9.41. The first kappa shape index (κ1) is 19.8. The highest BCUT2D eigenvalue weighted by atomic mass is 32.2. The van der Waals surface area contributed by atoms with Gasteiger partial charge < -0.3 is 10.3 Å². The third-order valence-electron chi connectivity index (χ3n) is 4.74. The summed E-state index contributed by atoms with van der Waals surface area (Å²) in [6.07, 6.45) is 0. The molecule has 4 rings (SSSR count). The van der Waals surface area contributed by atoms with Gasteiger partial charge in [0.15, 0.2) is 0 Å². The number of benzene rings is 3. The molecule has 0 saturated carbocycles. The summed E-state index contributed by atoms with van der Waals surface area (Å²) in [4.78, 5) is 0.672. The van der Waals surface area contributed by atoms with Crippen LogP contribution < -0.4 is 5.73 Å². The SMILES string of the molecule is NCCSc1c(S(=O)(=O)c2ccccc2)c2ccccc2n1Cc1ccccc1. The van der Waals surface area contributed by atoms with Crippen molar-refractivity contribution >= 4 is 32.5 Å². The number of hydrogen-bond acceptors (Lipinski definition) is 4. The summed E-state index contributed by atoms with van der Waals surface area (Å²) in [6, 6.07) is 26.4. The van der Waals surface area contributed by atoms with Gasteiger partial charge in [0, 0.05) is 24.2 Å². The predicted octanol–water partition coefficient (Wildman–Crippen LogP) is 4.57. The van der Waals surface area contributed by atoms with Gasteiger partial charge in [-0.25, -0.2) is 8.42 Å². The molecule has 1 heterocycles. The Kier molecular flexibility index (Phi) is 5.76. The molecule has 0 amide bonds. The number of hydrogen-bond donors (Lipinski definition) is 1. The lowest BCUT2D eigenvalue weighted by Gasteiger charge is -2.12. The summed E-state index contributed by atoms with van der Waals surface area (Å²) in [5.74, 6) is 0.641. The molecule has 1 aromatic heterocycles. The Morgan fingerprint density at radius 2 is 1.45 bits per heavy atom. The van der Waals surface area contributed by atoms with E-state index in [1.165, 1.54) is 11.8 Å². The third kappa shape index (κ3) is 3.83. The zero-order valence-corrected chi connectivity index (χ0v) is 17.5. The van der Waals surface area contributed by atoms with E-state index < -0.39 is 9.84 Å². The maximum Gasteiger partial charge on any atom is 0.209 e. The van der Waals surface area contributed by atoms with Crippen molar-refractivity contribution in [3.8, 4) is 0 Å². The maximum atomic E-state index is 13.6. The number of para-hydroxylation sites is 1. The monoisotopic (exact) mass is 422 g/mol. The van der Waals surface area contributed by atoms with Gasteiger partial charge in [-0.3, -0.25) is 0 Å². The quantitative estimate of drug-likeness (QED) is 0.443. The molecule has 0 unspecified atom stereocenters. The fraction of sp³-hybridized carbons (Fsp3) is 0.130. The van der Waals surface area contributed by atoms with Gasteiger partial charge in [-0.15, -0.1) is 11.8 Å². The lowest BCUT2D eigenvalue weighted by Crippen LogP contribution is -2.08. The van der Waals surface area contributed by atoms with E-state index in [9.17, 15) is 8.42 Å². The molecule has 0 saturated heterocycles. The summed E-state index contributed by atoms with van der Waals surface area (Å²) in [5.41, 5.74) is 7.79. The summed E-state index contributed by atoms with van der Waals surface area (Å²) in [6.45, 7) is 1.07. The van der Waals surface area contributed by atoms with Gasteiger partial charge in [-0.1, -0.05) is 66.7 Å². The van der Waals surface area contributed by atoms with Crippen LogP contribution in [0.5, 0.6) is 0 Å². The molecule has 0 atom stereocenters. The highest BCUT2D eigenvalue weighted by Crippen LogP contribution is 2.39. The van der Waals surface area contributed by atoms with E-state index in [-0.39, 0.29) is 0 Å². The van der Waals surface area contributed by atoms with E-state index in [0.29, 0.717) is 28.6 Å². The molecule has 29 heavy (non-hydrogen) atoms. The van der Waals surface area contributed by atoms with Crippen molar-refractivity contribution in [1.29, 1.82) is 0 Å². The van der Waals surface area contributed by atoms with E-state index in [1.807, 2.05) is 48.5 Å². The van der Waals surface area contributed by atoms with Crippen molar-refractivity contribution in [3.63, 3.8) is 0 Å². The van der Waals surface area contributed by atoms with Gasteiger partial charge in [0.05, 0.1) is 15.4 Å². The predicted molar refractivity (Wildman–Crippen MR) is 119 cm³/mol. The zero-order chi connectivity index (χ0) is 20.3. The molecule has 0 fully saturated rings. The molecule has 0 aliphatic rings. The molecule has 2 N–H and O–H groups in total. The first-order chi connectivity index (χ1) is 14.1. The van der Waals surface area contributed by atoms with Crippen molar-refractivity contribution < 1.29 is 8.42 Å². The van der Waals surface area contributed by atoms with Crippen LogP contribution in [0.1, 0.15) is 5.56 Å².